The van der Waals surface area contributed by atoms with Crippen molar-refractivity contribution < 1.29 is 28.5 Å². The van der Waals surface area contributed by atoms with Gasteiger partial charge in [-0.25, -0.2) is 0 Å². The Balaban J connectivity index is 1.39. The molecule has 0 bridgehead atoms. The van der Waals surface area contributed by atoms with Gasteiger partial charge in [-0.3, -0.25) is 9.59 Å². The first kappa shape index (κ1) is 18.9. The monoisotopic (exact) mass is 404 g/mol. The molecule has 0 N–H and O–H groups in total. The van der Waals surface area contributed by atoms with Gasteiger partial charge in [0.05, 0.1) is 0 Å². The van der Waals surface area contributed by atoms with Crippen molar-refractivity contribution >= 4 is 11.6 Å². The van der Waals surface area contributed by atoms with E-state index in [2.05, 4.69) is 13.8 Å². The minimum atomic E-state index is -0.873. The van der Waals surface area contributed by atoms with Crippen LogP contribution in [0.15, 0.2) is 0 Å². The highest BCUT2D eigenvalue weighted by atomic mass is 16.9. The molecule has 6 fully saturated rings. The molecular formula is C23H32O6. The van der Waals surface area contributed by atoms with E-state index in [9.17, 15) is 9.59 Å². The molecule has 160 valence electrons. The first-order chi connectivity index (χ1) is 13.9. The number of hydrogen-bond acceptors (Lipinski definition) is 6. The normalized spacial score (nSPS) is 56.6. The van der Waals surface area contributed by atoms with Gasteiger partial charge in [-0.15, -0.1) is 0 Å². The topological polar surface area (TPSA) is 71.1 Å². The third-order valence-corrected chi connectivity index (χ3v) is 10.2. The number of carbonyl (C=O) groups is 2. The third kappa shape index (κ3) is 2.12. The molecule has 0 aromatic carbocycles. The molecule has 6 aliphatic rings. The molecule has 8 atom stereocenters. The van der Waals surface area contributed by atoms with Crippen molar-refractivity contribution in [3.63, 3.8) is 0 Å². The summed E-state index contributed by atoms with van der Waals surface area (Å²) in [6, 6.07) is 0. The minimum absolute atomic E-state index is 0.0251. The zero-order valence-electron chi connectivity index (χ0n) is 17.5. The molecule has 4 saturated carbocycles. The van der Waals surface area contributed by atoms with E-state index >= 15 is 0 Å². The van der Waals surface area contributed by atoms with E-state index in [4.69, 9.17) is 18.9 Å². The smallest absolute Gasteiger partial charge is 0.226 e. The van der Waals surface area contributed by atoms with Crippen LogP contribution in [0.25, 0.3) is 0 Å². The van der Waals surface area contributed by atoms with Gasteiger partial charge in [-0.05, 0) is 55.3 Å². The molecule has 2 aliphatic heterocycles. The van der Waals surface area contributed by atoms with E-state index < -0.39 is 11.4 Å². The second-order valence-corrected chi connectivity index (χ2v) is 11.0. The van der Waals surface area contributed by atoms with Gasteiger partial charge in [-0.2, -0.15) is 0 Å². The third-order valence-electron chi connectivity index (χ3n) is 10.2. The average molecular weight is 405 g/mol. The Kier molecular flexibility index (Phi) is 3.85. The second kappa shape index (κ2) is 5.90. The number of ether oxygens (including phenoxy) is 4. The fraction of sp³-hybridized carbons (Fsp3) is 0.913. The lowest BCUT2D eigenvalue weighted by Gasteiger charge is -2.60. The average Bonchev–Trinajstić information content (AvgIpc) is 3.37. The largest absolute Gasteiger partial charge is 0.350 e. The van der Waals surface area contributed by atoms with Crippen LogP contribution < -0.4 is 0 Å². The summed E-state index contributed by atoms with van der Waals surface area (Å²) >= 11 is 0. The number of carbonyl (C=O) groups excluding carboxylic acids is 2. The van der Waals surface area contributed by atoms with Crippen molar-refractivity contribution in [2.75, 3.05) is 20.2 Å². The van der Waals surface area contributed by atoms with Crippen LogP contribution in [-0.4, -0.2) is 43.1 Å². The van der Waals surface area contributed by atoms with Crippen LogP contribution in [0.5, 0.6) is 0 Å². The summed E-state index contributed by atoms with van der Waals surface area (Å²) in [6.45, 7) is 5.35. The number of ketones is 2. The molecular weight excluding hydrogens is 372 g/mol. The van der Waals surface area contributed by atoms with Gasteiger partial charge in [-0.1, -0.05) is 13.8 Å². The number of Topliss-reactive ketones (excluding diaryl/α,β-unsaturated/α-hetero) is 2. The molecule has 29 heavy (non-hydrogen) atoms. The summed E-state index contributed by atoms with van der Waals surface area (Å²) in [5.74, 6) is 1.14. The molecule has 2 heterocycles. The summed E-state index contributed by atoms with van der Waals surface area (Å²) in [5, 5.41) is 0. The van der Waals surface area contributed by atoms with Gasteiger partial charge in [0.2, 0.25) is 5.79 Å². The van der Waals surface area contributed by atoms with Crippen molar-refractivity contribution in [3.05, 3.63) is 0 Å². The molecule has 2 spiro atoms. The van der Waals surface area contributed by atoms with Crippen molar-refractivity contribution in [1.82, 2.24) is 0 Å². The lowest BCUT2D eigenvalue weighted by Crippen LogP contribution is -2.66. The first-order valence-corrected chi connectivity index (χ1v) is 11.4. The molecule has 0 aromatic rings. The maximum absolute atomic E-state index is 13.8. The van der Waals surface area contributed by atoms with Crippen LogP contribution in [0.1, 0.15) is 65.2 Å². The molecule has 4 aliphatic carbocycles. The van der Waals surface area contributed by atoms with Crippen LogP contribution in [0, 0.1) is 34.5 Å². The van der Waals surface area contributed by atoms with E-state index in [1.54, 1.807) is 0 Å². The molecule has 0 amide bonds. The van der Waals surface area contributed by atoms with Gasteiger partial charge in [0.15, 0.2) is 13.6 Å². The van der Waals surface area contributed by atoms with Crippen LogP contribution >= 0.6 is 0 Å². The predicted molar refractivity (Wildman–Crippen MR) is 102 cm³/mol. The molecule has 6 heteroatoms. The highest BCUT2D eigenvalue weighted by Crippen LogP contribution is 2.71. The van der Waals surface area contributed by atoms with Gasteiger partial charge in [0.25, 0.3) is 0 Å². The van der Waals surface area contributed by atoms with E-state index in [-0.39, 0.29) is 30.3 Å². The number of fused-ring (bicyclic) bond motifs is 7. The Hall–Kier alpha value is -0.820. The predicted octanol–water partition coefficient (Wildman–Crippen LogP) is 3.22. The van der Waals surface area contributed by atoms with E-state index in [1.807, 2.05) is 0 Å². The van der Waals surface area contributed by atoms with Crippen molar-refractivity contribution in [1.29, 1.82) is 0 Å². The molecule has 2 saturated heterocycles. The van der Waals surface area contributed by atoms with Crippen molar-refractivity contribution in [2.24, 2.45) is 34.5 Å². The van der Waals surface area contributed by atoms with Crippen molar-refractivity contribution in [3.8, 4) is 0 Å². The van der Waals surface area contributed by atoms with Crippen molar-refractivity contribution in [2.45, 2.75) is 76.6 Å². The molecule has 0 unspecified atom stereocenters. The Morgan fingerprint density at radius 1 is 0.966 bits per heavy atom. The van der Waals surface area contributed by atoms with Crippen LogP contribution in [-0.2, 0) is 28.5 Å². The fourth-order valence-corrected chi connectivity index (χ4v) is 8.83. The molecule has 0 aromatic heterocycles. The molecule has 6 rings (SSSR count). The Labute approximate surface area is 172 Å². The minimum Gasteiger partial charge on any atom is -0.350 e. The molecule has 6 nitrogen and oxygen atoms in total. The van der Waals surface area contributed by atoms with E-state index in [0.717, 1.165) is 32.1 Å². The van der Waals surface area contributed by atoms with Crippen LogP contribution in [0.2, 0.25) is 0 Å². The van der Waals surface area contributed by atoms with E-state index in [0.29, 0.717) is 55.2 Å². The van der Waals surface area contributed by atoms with Gasteiger partial charge >= 0.3 is 0 Å². The Morgan fingerprint density at radius 2 is 1.79 bits per heavy atom. The van der Waals surface area contributed by atoms with Crippen LogP contribution in [0.4, 0.5) is 0 Å². The quantitative estimate of drug-likeness (QED) is 0.617. The van der Waals surface area contributed by atoms with Crippen LogP contribution in [0.3, 0.4) is 0 Å². The lowest BCUT2D eigenvalue weighted by molar-refractivity contribution is -0.247. The van der Waals surface area contributed by atoms with Gasteiger partial charge in [0.1, 0.15) is 23.8 Å². The lowest BCUT2D eigenvalue weighted by atomic mass is 9.43. The second-order valence-electron chi connectivity index (χ2n) is 11.0. The van der Waals surface area contributed by atoms with E-state index in [1.165, 1.54) is 0 Å². The summed E-state index contributed by atoms with van der Waals surface area (Å²) < 4.78 is 24.0. The summed E-state index contributed by atoms with van der Waals surface area (Å²) in [6.07, 6.45) is 6.71. The SMILES string of the molecule is C[C@]12CCC(=O)C[C@H]1CC[C@@H]1[C@H]2C(=O)C[C@@]2(C)[C@@H]1CC[C@@]21OCO[C@@]12COCO2. The Bertz CT molecular complexity index is 753. The summed E-state index contributed by atoms with van der Waals surface area (Å²) in [5.41, 5.74) is -0.937. The van der Waals surface area contributed by atoms with Gasteiger partial charge in [0, 0.05) is 30.6 Å². The highest BCUT2D eigenvalue weighted by molar-refractivity contribution is 5.86. The zero-order chi connectivity index (χ0) is 20.1. The maximum Gasteiger partial charge on any atom is 0.226 e. The van der Waals surface area contributed by atoms with Gasteiger partial charge < -0.3 is 18.9 Å². The highest BCUT2D eigenvalue weighted by Gasteiger charge is 2.77. The summed E-state index contributed by atoms with van der Waals surface area (Å²) in [7, 11) is 0. The number of rotatable bonds is 0. The fourth-order valence-electron chi connectivity index (χ4n) is 8.83. The number of hydrogen-bond donors (Lipinski definition) is 0. The standard InChI is InChI=1S/C23H32O6/c1-20-7-5-15(24)9-14(20)3-4-16-17-6-8-22(21(17,2)10-18(25)19(16)20)23(29-13-27-22)11-26-12-28-23/h14,16-17,19H,3-13H2,1-2H3/t14-,16+,17-,19+,20+,21+,22-,23+/m1/s1. The maximum atomic E-state index is 13.8. The zero-order valence-corrected chi connectivity index (χ0v) is 17.5. The Morgan fingerprint density at radius 3 is 2.59 bits per heavy atom. The first-order valence-electron chi connectivity index (χ1n) is 11.4. The molecule has 0 radical (unpaired) electrons. The summed E-state index contributed by atoms with van der Waals surface area (Å²) in [4.78, 5) is 25.9.